The number of nitrogens with two attached hydrogens (primary N) is 2. The van der Waals surface area contributed by atoms with E-state index in [-0.39, 0.29) is 6.15 Å². The van der Waals surface area contributed by atoms with Crippen LogP contribution in [-0.4, -0.2) is 49.8 Å². The number of nitrogens with one attached hydrogen (secondary N) is 2. The number of anilines is 2. The molecule has 0 radical (unpaired) electrons. The van der Waals surface area contributed by atoms with Gasteiger partial charge in [-0.2, -0.15) is 0 Å². The first kappa shape index (κ1) is 59.8. The van der Waals surface area contributed by atoms with Crippen molar-refractivity contribution in [1.82, 2.24) is 56.0 Å². The Morgan fingerprint density at radius 2 is 0.816 bits per heavy atom. The van der Waals surface area contributed by atoms with Gasteiger partial charge in [-0.05, 0) is 96.3 Å². The third kappa shape index (κ3) is 18.3. The molecule has 0 unspecified atom stereocenters. The Morgan fingerprint density at radius 3 is 1.25 bits per heavy atom. The Morgan fingerprint density at radius 1 is 0.447 bits per heavy atom. The minimum atomic E-state index is -1.99. The summed E-state index contributed by atoms with van der Waals surface area (Å²) < 4.78 is 11.0. The number of aromatic nitrogens is 10. The molecular formula is C50H38Br8N13O4P. The Balaban J connectivity index is 0.000000154. The summed E-state index contributed by atoms with van der Waals surface area (Å²) >= 11 is 26.2. The van der Waals surface area contributed by atoms with Gasteiger partial charge >= 0.3 is 88.7 Å². The Kier molecular flexibility index (Phi) is 21.8. The van der Waals surface area contributed by atoms with Crippen LogP contribution in [0.25, 0.3) is 78.4 Å². The molecule has 0 aliphatic heterocycles. The van der Waals surface area contributed by atoms with Gasteiger partial charge in [0.1, 0.15) is 13.8 Å². The van der Waals surface area contributed by atoms with Crippen molar-refractivity contribution in [2.45, 2.75) is 0 Å². The van der Waals surface area contributed by atoms with Crippen LogP contribution in [-0.2, 0) is 0 Å². The maximum atomic E-state index is 10.8. The molecular weight excluding hydrogens is 1520 g/mol. The molecule has 26 heteroatoms. The van der Waals surface area contributed by atoms with Crippen LogP contribution in [0.3, 0.4) is 0 Å². The maximum absolute atomic E-state index is 10.8. The summed E-state index contributed by atoms with van der Waals surface area (Å²) in [4.78, 5) is 60.5. The maximum Gasteiger partial charge on any atom is 0.314 e. The van der Waals surface area contributed by atoms with Gasteiger partial charge in [-0.25, -0.2) is 39.9 Å². The Hall–Kier alpha value is -5.47. The number of fused-ring (bicyclic) bond motifs is 4. The first-order valence-electron chi connectivity index (χ1n) is 21.4. The molecule has 17 nitrogen and oxygen atoms in total. The Labute approximate surface area is 497 Å². The number of oxazole rings is 2. The van der Waals surface area contributed by atoms with Crippen LogP contribution < -0.4 is 28.7 Å². The van der Waals surface area contributed by atoms with E-state index in [9.17, 15) is 9.59 Å². The summed E-state index contributed by atoms with van der Waals surface area (Å²) in [6, 6.07) is 49.6. The summed E-state index contributed by atoms with van der Waals surface area (Å²) in [5.74, 6) is 2.58. The number of benzene rings is 6. The molecule has 0 saturated carbocycles. The number of para-hydroxylation sites is 8. The van der Waals surface area contributed by atoms with Gasteiger partial charge < -0.3 is 36.4 Å². The summed E-state index contributed by atoms with van der Waals surface area (Å²) in [6.45, 7) is 0. The number of hydrogen-bond acceptors (Lipinski definition) is 15. The molecule has 6 heterocycles. The second-order valence-electron chi connectivity index (χ2n) is 14.8. The quantitative estimate of drug-likeness (QED) is 0.0812. The molecule has 388 valence electrons. The van der Waals surface area contributed by atoms with Crippen molar-refractivity contribution >= 4 is 181 Å². The predicted octanol–water partition coefficient (Wildman–Crippen LogP) is 16.5. The summed E-state index contributed by atoms with van der Waals surface area (Å²) in [7, 11) is 0. The van der Waals surface area contributed by atoms with Gasteiger partial charge in [0.25, 0.3) is 0 Å². The molecule has 12 aromatic rings. The van der Waals surface area contributed by atoms with Gasteiger partial charge in [0, 0.05) is 11.1 Å². The number of nitrogen functional groups attached to an aromatic ring is 2. The molecule has 0 aliphatic rings. The van der Waals surface area contributed by atoms with Crippen molar-refractivity contribution in [2.24, 2.45) is 0 Å². The largest absolute Gasteiger partial charge is 0.444 e. The first-order valence-corrected chi connectivity index (χ1v) is 36.1. The normalized spacial score (nSPS) is 11.0. The van der Waals surface area contributed by atoms with E-state index in [1.165, 1.54) is 6.39 Å². The zero-order chi connectivity index (χ0) is 53.6. The van der Waals surface area contributed by atoms with E-state index in [2.05, 4.69) is 175 Å². The van der Waals surface area contributed by atoms with E-state index in [1.807, 2.05) is 133 Å². The average molecular weight is 1560 g/mol. The molecule has 0 bridgehead atoms. The van der Waals surface area contributed by atoms with Gasteiger partial charge in [-0.3, -0.25) is 9.59 Å². The van der Waals surface area contributed by atoms with E-state index < -0.39 is 11.2 Å². The zero-order valence-electron chi connectivity index (χ0n) is 38.8. The third-order valence-corrected chi connectivity index (χ3v) is 11.7. The molecule has 0 fully saturated rings. The second-order valence-corrected chi connectivity index (χ2v) is 68.2. The summed E-state index contributed by atoms with van der Waals surface area (Å²) in [6.07, 6.45) is 4.80. The fourth-order valence-corrected chi connectivity index (χ4v) is 7.10. The monoisotopic (exact) mass is 1550 g/mol. The molecule has 12 rings (SSSR count). The molecule has 0 spiro atoms. The summed E-state index contributed by atoms with van der Waals surface area (Å²) in [5.41, 5.74) is 19.0. The molecule has 6 aromatic heterocycles. The molecule has 6 aromatic carbocycles. The van der Waals surface area contributed by atoms with Gasteiger partial charge in [0.2, 0.25) is 5.89 Å². The average Bonchev–Trinajstić information content (AvgIpc) is 4.13. The fraction of sp³-hybridized carbons (Fsp3) is 0. The van der Waals surface area contributed by atoms with Gasteiger partial charge in [0.05, 0.1) is 56.5 Å². The van der Waals surface area contributed by atoms with Crippen LogP contribution in [0.2, 0.25) is 0 Å². The van der Waals surface area contributed by atoms with Crippen molar-refractivity contribution in [2.75, 3.05) is 11.5 Å². The van der Waals surface area contributed by atoms with E-state index in [0.717, 1.165) is 59.2 Å². The molecule has 0 amide bonds. The van der Waals surface area contributed by atoms with Crippen LogP contribution in [0.1, 0.15) is 0 Å². The number of rotatable bonds is 3. The molecule has 76 heavy (non-hydrogen) atoms. The van der Waals surface area contributed by atoms with Crippen LogP contribution in [0.4, 0.5) is 11.6 Å². The second kappa shape index (κ2) is 27.7. The first-order chi connectivity index (χ1) is 35.8. The molecule has 0 atom stereocenters. The SMILES string of the molecule is BrP(Br)(Br)(Br)Br.Brc1nc2ccccc2nc1Br.N.Nc1nc2ccccc2nc1-c1ncc(-c2ccccc2)o1.Nc1nc2ccccc2nc1Br.O=c1[nH]c2ccccc2[nH]c1=O.c1ccc(-c2cnco2)cc1. The van der Waals surface area contributed by atoms with Crippen molar-refractivity contribution in [3.05, 3.63) is 211 Å². The van der Waals surface area contributed by atoms with E-state index in [1.54, 1.807) is 36.7 Å². The van der Waals surface area contributed by atoms with E-state index in [4.69, 9.17) is 20.3 Å². The molecule has 9 N–H and O–H groups in total. The number of H-pyrrole nitrogens is 2. The van der Waals surface area contributed by atoms with Crippen LogP contribution >= 0.6 is 125 Å². The number of aromatic amines is 2. The Bertz CT molecular complexity index is 3740. The topological polar surface area (TPSA) is 282 Å². The van der Waals surface area contributed by atoms with Crippen LogP contribution in [0.15, 0.2) is 209 Å². The standard InChI is InChI=1S/C17H12N4O.C9H7NO.C8H4Br2N2.C8H6BrN3.C8H6N2O2.Br5P.H3N/c18-16-15(20-12-8-4-5-9-13(12)21-16)17-19-10-14(22-17)11-6-2-1-3-7-11;1-2-4-8(5-3-1)9-6-10-7-11-9;2*9-7-8(10)12-6-4-2-1-3-5(6)11-7;11-7-8(12)10-6-4-2-1-3-5(6)9-7;1-6(2,3,4)5;/h1-10H,(H2,18,21);1-7H;1-4H;1-4H,(H2,10,12);1-4H,(H,9,11)(H,10,12);;1H3. The smallest absolute Gasteiger partial charge is 0.314 e. The molecule has 0 aliphatic carbocycles. The minimum Gasteiger partial charge on any atom is -0.444 e. The fourth-order valence-electron chi connectivity index (χ4n) is 6.26. The van der Waals surface area contributed by atoms with Crippen molar-refractivity contribution in [3.63, 3.8) is 0 Å². The molecule has 0 saturated heterocycles. The number of nitrogens with zero attached hydrogens (tertiary/aromatic N) is 8. The van der Waals surface area contributed by atoms with E-state index >= 15 is 0 Å². The third-order valence-electron chi connectivity index (χ3n) is 9.53. The summed E-state index contributed by atoms with van der Waals surface area (Å²) in [5, 5.41) is 0. The van der Waals surface area contributed by atoms with Gasteiger partial charge in [-0.1, -0.05) is 109 Å². The van der Waals surface area contributed by atoms with Crippen LogP contribution in [0.5, 0.6) is 0 Å². The van der Waals surface area contributed by atoms with Gasteiger partial charge in [-0.15, -0.1) is 0 Å². The van der Waals surface area contributed by atoms with Gasteiger partial charge in [0.15, 0.2) is 35.2 Å². The van der Waals surface area contributed by atoms with Crippen LogP contribution in [0, 0.1) is 0 Å². The van der Waals surface area contributed by atoms with Crippen molar-refractivity contribution in [1.29, 1.82) is 0 Å². The predicted molar refractivity (Wildman–Crippen MR) is 335 cm³/mol. The van der Waals surface area contributed by atoms with Crippen molar-refractivity contribution in [3.8, 4) is 34.2 Å². The number of halogens is 8. The zero-order valence-corrected chi connectivity index (χ0v) is 52.4. The number of hydrogen-bond donors (Lipinski definition) is 5. The van der Waals surface area contributed by atoms with Crippen molar-refractivity contribution < 1.29 is 8.83 Å². The van der Waals surface area contributed by atoms with E-state index in [0.29, 0.717) is 44.6 Å². The minimum absolute atomic E-state index is 0.